The topological polar surface area (TPSA) is 76.4 Å². The second-order valence-corrected chi connectivity index (χ2v) is 6.75. The number of amides is 1. The van der Waals surface area contributed by atoms with Gasteiger partial charge in [-0.15, -0.1) is 0 Å². The zero-order chi connectivity index (χ0) is 18.0. The van der Waals surface area contributed by atoms with Crippen LogP contribution in [0.2, 0.25) is 5.02 Å². The fourth-order valence-electron chi connectivity index (χ4n) is 3.10. The third-order valence-corrected chi connectivity index (χ3v) is 4.97. The van der Waals surface area contributed by atoms with Gasteiger partial charge in [0.25, 0.3) is 5.91 Å². The third kappa shape index (κ3) is 3.65. The van der Waals surface area contributed by atoms with Crippen LogP contribution in [0.4, 0.5) is 0 Å². The van der Waals surface area contributed by atoms with E-state index < -0.39 is 6.10 Å². The van der Waals surface area contributed by atoms with Gasteiger partial charge < -0.3 is 15.2 Å². The summed E-state index contributed by atoms with van der Waals surface area (Å²) in [4.78, 5) is 12.6. The Balaban J connectivity index is 1.70. The molecule has 134 valence electrons. The van der Waals surface area contributed by atoms with Crippen molar-refractivity contribution in [1.29, 1.82) is 0 Å². The number of nitrogens with one attached hydrogen (secondary N) is 1. The Labute approximate surface area is 151 Å². The van der Waals surface area contributed by atoms with Crippen molar-refractivity contribution in [1.82, 2.24) is 15.1 Å². The molecule has 1 aliphatic carbocycles. The number of aryl methyl sites for hydroxylation is 1. The molecule has 0 bridgehead atoms. The monoisotopic (exact) mass is 363 g/mol. The highest BCUT2D eigenvalue weighted by Crippen LogP contribution is 2.37. The average molecular weight is 364 g/mol. The maximum absolute atomic E-state index is 12.6. The quantitative estimate of drug-likeness (QED) is 0.827. The molecule has 2 aromatic rings. The normalized spacial score (nSPS) is 15.5. The van der Waals surface area contributed by atoms with Crippen LogP contribution in [-0.4, -0.2) is 34.4 Å². The molecular weight excluding hydrogens is 342 g/mol. The largest absolute Gasteiger partial charge is 0.496 e. The molecule has 0 aliphatic heterocycles. The molecule has 1 unspecified atom stereocenters. The second-order valence-electron chi connectivity index (χ2n) is 6.31. The molecule has 2 N–H and O–H groups in total. The summed E-state index contributed by atoms with van der Waals surface area (Å²) in [7, 11) is 3.28. The lowest BCUT2D eigenvalue weighted by atomic mass is 9.80. The minimum atomic E-state index is -0.919. The molecule has 3 rings (SSSR count). The van der Waals surface area contributed by atoms with E-state index in [-0.39, 0.29) is 12.5 Å². The summed E-state index contributed by atoms with van der Waals surface area (Å²) in [6.45, 7) is 0.0603. The van der Waals surface area contributed by atoms with Gasteiger partial charge in [0.2, 0.25) is 0 Å². The number of hydrogen-bond acceptors (Lipinski definition) is 4. The first-order valence-electron chi connectivity index (χ1n) is 8.33. The van der Waals surface area contributed by atoms with Gasteiger partial charge in [-0.05, 0) is 37.0 Å². The highest BCUT2D eigenvalue weighted by Gasteiger charge is 2.28. The number of carbonyl (C=O) groups is 1. The average Bonchev–Trinajstić information content (AvgIpc) is 2.92. The van der Waals surface area contributed by atoms with Crippen molar-refractivity contribution < 1.29 is 14.6 Å². The molecule has 7 heteroatoms. The van der Waals surface area contributed by atoms with Gasteiger partial charge in [0.1, 0.15) is 11.4 Å². The van der Waals surface area contributed by atoms with E-state index in [0.29, 0.717) is 27.9 Å². The maximum Gasteiger partial charge on any atom is 0.269 e. The van der Waals surface area contributed by atoms with Crippen molar-refractivity contribution in [3.05, 3.63) is 46.2 Å². The van der Waals surface area contributed by atoms with Crippen molar-refractivity contribution in [3.8, 4) is 5.75 Å². The van der Waals surface area contributed by atoms with E-state index in [1.165, 1.54) is 13.5 Å². The first-order valence-corrected chi connectivity index (χ1v) is 8.70. The zero-order valence-electron chi connectivity index (χ0n) is 14.3. The summed E-state index contributed by atoms with van der Waals surface area (Å²) in [6, 6.07) is 5.02. The number of halogens is 1. The number of aliphatic hydroxyl groups excluding tert-OH is 1. The Bertz CT molecular complexity index is 771. The van der Waals surface area contributed by atoms with E-state index in [9.17, 15) is 9.90 Å². The number of nitrogens with zero attached hydrogens (tertiary/aromatic N) is 2. The summed E-state index contributed by atoms with van der Waals surface area (Å²) < 4.78 is 6.84. The molecule has 1 atom stereocenters. The second kappa shape index (κ2) is 7.45. The molecule has 1 aromatic heterocycles. The molecule has 0 radical (unpaired) electrons. The number of methoxy groups -OCH3 is 1. The Morgan fingerprint density at radius 1 is 1.52 bits per heavy atom. The van der Waals surface area contributed by atoms with E-state index >= 15 is 0 Å². The first kappa shape index (κ1) is 17.8. The van der Waals surface area contributed by atoms with Gasteiger partial charge in [0, 0.05) is 29.7 Å². The molecule has 1 heterocycles. The maximum atomic E-state index is 12.6. The molecule has 0 saturated heterocycles. The summed E-state index contributed by atoms with van der Waals surface area (Å²) in [6.07, 6.45) is 4.23. The van der Waals surface area contributed by atoms with E-state index in [1.54, 1.807) is 36.1 Å². The molecule has 0 spiro atoms. The predicted molar refractivity (Wildman–Crippen MR) is 95.1 cm³/mol. The lowest BCUT2D eigenvalue weighted by molar-refractivity contribution is 0.0903. The number of benzene rings is 1. The molecule has 6 nitrogen and oxygen atoms in total. The van der Waals surface area contributed by atoms with E-state index in [2.05, 4.69) is 10.4 Å². The number of hydrogen-bond donors (Lipinski definition) is 2. The SMILES string of the molecule is COc1ccc(Cl)cc1C(O)CNC(=O)c1c(C2CCC2)cnn1C. The van der Waals surface area contributed by atoms with Crippen LogP contribution < -0.4 is 10.1 Å². The molecule has 1 aromatic carbocycles. The number of aliphatic hydroxyl groups is 1. The van der Waals surface area contributed by atoms with Crippen LogP contribution in [0.15, 0.2) is 24.4 Å². The van der Waals surface area contributed by atoms with E-state index in [4.69, 9.17) is 16.3 Å². The first-order chi connectivity index (χ1) is 12.0. The predicted octanol–water partition coefficient (Wildman–Crippen LogP) is 2.81. The standard InChI is InChI=1S/C18H22ClN3O3/c1-22-17(14(9-21-22)11-4-3-5-11)18(24)20-10-15(23)13-8-12(19)6-7-16(13)25-2/h6-9,11,15,23H,3-5,10H2,1-2H3,(H,20,24). The lowest BCUT2D eigenvalue weighted by Crippen LogP contribution is -2.31. The van der Waals surface area contributed by atoms with E-state index in [0.717, 1.165) is 18.4 Å². The van der Waals surface area contributed by atoms with Crippen LogP contribution in [0.3, 0.4) is 0 Å². The van der Waals surface area contributed by atoms with Crippen molar-refractivity contribution in [2.75, 3.05) is 13.7 Å². The zero-order valence-corrected chi connectivity index (χ0v) is 15.1. The Morgan fingerprint density at radius 3 is 2.92 bits per heavy atom. The van der Waals surface area contributed by atoms with Crippen molar-refractivity contribution in [2.24, 2.45) is 7.05 Å². The Morgan fingerprint density at radius 2 is 2.28 bits per heavy atom. The summed E-state index contributed by atoms with van der Waals surface area (Å²) in [5, 5.41) is 17.9. The summed E-state index contributed by atoms with van der Waals surface area (Å²) >= 11 is 5.99. The Hall–Kier alpha value is -2.05. The van der Waals surface area contributed by atoms with Gasteiger partial charge in [-0.25, -0.2) is 0 Å². The number of aromatic nitrogens is 2. The number of rotatable bonds is 6. The van der Waals surface area contributed by atoms with Crippen molar-refractivity contribution in [2.45, 2.75) is 31.3 Å². The molecule has 1 saturated carbocycles. The lowest BCUT2D eigenvalue weighted by Gasteiger charge is -2.25. The van der Waals surface area contributed by atoms with Gasteiger partial charge in [0.05, 0.1) is 19.4 Å². The molecule has 25 heavy (non-hydrogen) atoms. The van der Waals surface area contributed by atoms with Crippen LogP contribution in [-0.2, 0) is 7.05 Å². The van der Waals surface area contributed by atoms with Gasteiger partial charge in [-0.1, -0.05) is 18.0 Å². The highest BCUT2D eigenvalue weighted by atomic mass is 35.5. The number of ether oxygens (including phenoxy) is 1. The van der Waals surface area contributed by atoms with Gasteiger partial charge in [-0.2, -0.15) is 5.10 Å². The highest BCUT2D eigenvalue weighted by molar-refractivity contribution is 6.30. The van der Waals surface area contributed by atoms with E-state index in [1.807, 2.05) is 0 Å². The summed E-state index contributed by atoms with van der Waals surface area (Å²) in [5.41, 5.74) is 2.09. The molecule has 1 fully saturated rings. The van der Waals surface area contributed by atoms with Gasteiger partial charge in [-0.3, -0.25) is 9.48 Å². The van der Waals surface area contributed by atoms with Crippen LogP contribution in [0.5, 0.6) is 5.75 Å². The molecule has 1 aliphatic rings. The minimum absolute atomic E-state index is 0.0603. The fraction of sp³-hybridized carbons (Fsp3) is 0.444. The van der Waals surface area contributed by atoms with Crippen LogP contribution in [0.25, 0.3) is 0 Å². The van der Waals surface area contributed by atoms with Crippen LogP contribution in [0, 0.1) is 0 Å². The number of carbonyl (C=O) groups excluding carboxylic acids is 1. The minimum Gasteiger partial charge on any atom is -0.496 e. The van der Waals surface area contributed by atoms with Gasteiger partial charge in [0.15, 0.2) is 0 Å². The van der Waals surface area contributed by atoms with Gasteiger partial charge >= 0.3 is 0 Å². The van der Waals surface area contributed by atoms with Crippen molar-refractivity contribution >= 4 is 17.5 Å². The van der Waals surface area contributed by atoms with Crippen molar-refractivity contribution in [3.63, 3.8) is 0 Å². The Kier molecular flexibility index (Phi) is 5.30. The van der Waals surface area contributed by atoms with Crippen LogP contribution in [0.1, 0.15) is 52.9 Å². The molecule has 1 amide bonds. The van der Waals surface area contributed by atoms with Crippen LogP contribution >= 0.6 is 11.6 Å². The third-order valence-electron chi connectivity index (χ3n) is 4.73. The fourth-order valence-corrected chi connectivity index (χ4v) is 3.28. The molecular formula is C18H22ClN3O3. The summed E-state index contributed by atoms with van der Waals surface area (Å²) in [5.74, 6) is 0.705. The smallest absolute Gasteiger partial charge is 0.269 e.